The molecule has 2 aromatic rings. The maximum atomic E-state index is 13.0. The highest BCUT2D eigenvalue weighted by Gasteiger charge is 2.26. The molecule has 3 rings (SSSR count). The quantitative estimate of drug-likeness (QED) is 0.478. The molecular weight excluding hydrogens is 420 g/mol. The van der Waals surface area contributed by atoms with Gasteiger partial charge in [0.1, 0.15) is 0 Å². The van der Waals surface area contributed by atoms with E-state index in [1.807, 2.05) is 0 Å². The molecule has 0 bridgehead atoms. The second-order valence-electron chi connectivity index (χ2n) is 7.17. The SMILES string of the molecule is CCN(CC)S(=O)(=O)c1cccc(C(=O)N2CCN(c3ccc([N+](=O)[O-])cc3)CC2)c1. The Hall–Kier alpha value is -2.98. The Morgan fingerprint density at radius 3 is 2.19 bits per heavy atom. The van der Waals surface area contributed by atoms with Crippen LogP contribution in [0.1, 0.15) is 24.2 Å². The number of non-ortho nitro benzene ring substituents is 1. The first-order valence-corrected chi connectivity index (χ1v) is 11.6. The van der Waals surface area contributed by atoms with Crippen molar-refractivity contribution in [2.75, 3.05) is 44.2 Å². The van der Waals surface area contributed by atoms with Crippen LogP contribution in [0.5, 0.6) is 0 Å². The molecule has 2 aromatic carbocycles. The summed E-state index contributed by atoms with van der Waals surface area (Å²) in [7, 11) is -3.64. The van der Waals surface area contributed by atoms with Gasteiger partial charge in [-0.15, -0.1) is 0 Å². The summed E-state index contributed by atoms with van der Waals surface area (Å²) >= 11 is 0. The Labute approximate surface area is 182 Å². The summed E-state index contributed by atoms with van der Waals surface area (Å²) < 4.78 is 26.9. The van der Waals surface area contributed by atoms with Crippen molar-refractivity contribution in [2.24, 2.45) is 0 Å². The lowest BCUT2D eigenvalue weighted by molar-refractivity contribution is -0.384. The molecule has 1 amide bonds. The Bertz CT molecular complexity index is 1040. The molecular formula is C21H26N4O5S. The molecule has 0 aromatic heterocycles. The van der Waals surface area contributed by atoms with Crippen LogP contribution < -0.4 is 4.90 Å². The normalized spacial score (nSPS) is 14.7. The Morgan fingerprint density at radius 2 is 1.65 bits per heavy atom. The van der Waals surface area contributed by atoms with E-state index >= 15 is 0 Å². The lowest BCUT2D eigenvalue weighted by Gasteiger charge is -2.36. The minimum absolute atomic E-state index is 0.0390. The van der Waals surface area contributed by atoms with Gasteiger partial charge in [0.15, 0.2) is 0 Å². The van der Waals surface area contributed by atoms with Crippen LogP contribution in [0.3, 0.4) is 0 Å². The van der Waals surface area contributed by atoms with Crippen molar-refractivity contribution in [1.82, 2.24) is 9.21 Å². The molecule has 31 heavy (non-hydrogen) atoms. The number of nitrogens with zero attached hydrogens (tertiary/aromatic N) is 4. The van der Waals surface area contributed by atoms with E-state index in [1.54, 1.807) is 43.0 Å². The van der Waals surface area contributed by atoms with Crippen LogP contribution in [0.4, 0.5) is 11.4 Å². The summed E-state index contributed by atoms with van der Waals surface area (Å²) in [6.07, 6.45) is 0. The topological polar surface area (TPSA) is 104 Å². The van der Waals surface area contributed by atoms with Gasteiger partial charge >= 0.3 is 0 Å². The van der Waals surface area contributed by atoms with Crippen molar-refractivity contribution in [2.45, 2.75) is 18.7 Å². The first kappa shape index (κ1) is 22.7. The molecule has 0 spiro atoms. The molecule has 9 nitrogen and oxygen atoms in total. The standard InChI is InChI=1S/C21H26N4O5S/c1-3-24(4-2)31(29,30)20-7-5-6-17(16-20)21(26)23-14-12-22(13-15-23)18-8-10-19(11-9-18)25(27)28/h5-11,16H,3-4,12-15H2,1-2H3. The average molecular weight is 447 g/mol. The minimum Gasteiger partial charge on any atom is -0.368 e. The Morgan fingerprint density at radius 1 is 1.03 bits per heavy atom. The summed E-state index contributed by atoms with van der Waals surface area (Å²) in [5, 5.41) is 10.8. The van der Waals surface area contributed by atoms with Gasteiger partial charge < -0.3 is 9.80 Å². The molecule has 166 valence electrons. The number of carbonyl (C=O) groups is 1. The van der Waals surface area contributed by atoms with Gasteiger partial charge in [-0.25, -0.2) is 8.42 Å². The number of amides is 1. The monoisotopic (exact) mass is 446 g/mol. The van der Waals surface area contributed by atoms with Crippen molar-refractivity contribution < 1.29 is 18.1 Å². The predicted octanol–water partition coefficient (Wildman–Crippen LogP) is 2.59. The fraction of sp³-hybridized carbons (Fsp3) is 0.381. The highest BCUT2D eigenvalue weighted by atomic mass is 32.2. The maximum absolute atomic E-state index is 13.0. The number of benzene rings is 2. The van der Waals surface area contributed by atoms with Crippen LogP contribution >= 0.6 is 0 Å². The van der Waals surface area contributed by atoms with Gasteiger partial charge in [0, 0.05) is 62.7 Å². The summed E-state index contributed by atoms with van der Waals surface area (Å²) in [6.45, 7) is 6.40. The average Bonchev–Trinajstić information content (AvgIpc) is 2.79. The third-order valence-electron chi connectivity index (χ3n) is 5.42. The number of nitro groups is 1. The van der Waals surface area contributed by atoms with E-state index < -0.39 is 14.9 Å². The highest BCUT2D eigenvalue weighted by molar-refractivity contribution is 7.89. The van der Waals surface area contributed by atoms with Crippen LogP contribution in [-0.4, -0.2) is 67.7 Å². The number of rotatable bonds is 7. The van der Waals surface area contributed by atoms with Gasteiger partial charge in [0.2, 0.25) is 10.0 Å². The number of hydrogen-bond acceptors (Lipinski definition) is 6. The summed E-state index contributed by atoms with van der Waals surface area (Å²) in [4.78, 5) is 27.2. The molecule has 1 heterocycles. The van der Waals surface area contributed by atoms with Crippen LogP contribution in [0.2, 0.25) is 0 Å². The molecule has 0 N–H and O–H groups in total. The zero-order valence-corrected chi connectivity index (χ0v) is 18.4. The van der Waals surface area contributed by atoms with E-state index in [2.05, 4.69) is 4.90 Å². The summed E-state index contributed by atoms with van der Waals surface area (Å²) in [6, 6.07) is 12.5. The fourth-order valence-corrected chi connectivity index (χ4v) is 5.14. The summed E-state index contributed by atoms with van der Waals surface area (Å²) in [5.41, 5.74) is 1.25. The van der Waals surface area contributed by atoms with Gasteiger partial charge in [-0.1, -0.05) is 19.9 Å². The first-order chi connectivity index (χ1) is 14.8. The van der Waals surface area contributed by atoms with Crippen LogP contribution in [0.25, 0.3) is 0 Å². The molecule has 1 fully saturated rings. The number of nitro benzene ring substituents is 1. The number of anilines is 1. The van der Waals surface area contributed by atoms with Crippen molar-refractivity contribution in [3.8, 4) is 0 Å². The Balaban J connectivity index is 1.69. The molecule has 1 saturated heterocycles. The molecule has 0 radical (unpaired) electrons. The molecule has 0 saturated carbocycles. The fourth-order valence-electron chi connectivity index (χ4n) is 3.64. The number of hydrogen-bond donors (Lipinski definition) is 0. The zero-order chi connectivity index (χ0) is 22.6. The highest BCUT2D eigenvalue weighted by Crippen LogP contribution is 2.22. The third-order valence-corrected chi connectivity index (χ3v) is 7.46. The largest absolute Gasteiger partial charge is 0.368 e. The maximum Gasteiger partial charge on any atom is 0.269 e. The second-order valence-corrected chi connectivity index (χ2v) is 9.11. The van der Waals surface area contributed by atoms with Gasteiger partial charge in [-0.05, 0) is 30.3 Å². The number of piperazine rings is 1. The first-order valence-electron chi connectivity index (χ1n) is 10.2. The zero-order valence-electron chi connectivity index (χ0n) is 17.6. The van der Waals surface area contributed by atoms with Crippen LogP contribution in [0, 0.1) is 10.1 Å². The van der Waals surface area contributed by atoms with Crippen molar-refractivity contribution in [3.63, 3.8) is 0 Å². The van der Waals surface area contributed by atoms with Gasteiger partial charge in [-0.2, -0.15) is 4.31 Å². The lowest BCUT2D eigenvalue weighted by Crippen LogP contribution is -2.48. The molecule has 0 aliphatic carbocycles. The van der Waals surface area contributed by atoms with E-state index in [1.165, 1.54) is 28.6 Å². The number of carbonyl (C=O) groups excluding carboxylic acids is 1. The molecule has 10 heteroatoms. The van der Waals surface area contributed by atoms with Crippen molar-refractivity contribution >= 4 is 27.3 Å². The number of sulfonamides is 1. The van der Waals surface area contributed by atoms with Gasteiger partial charge in [-0.3, -0.25) is 14.9 Å². The smallest absolute Gasteiger partial charge is 0.269 e. The van der Waals surface area contributed by atoms with Crippen LogP contribution in [0.15, 0.2) is 53.4 Å². The van der Waals surface area contributed by atoms with E-state index in [-0.39, 0.29) is 16.5 Å². The van der Waals surface area contributed by atoms with E-state index in [0.29, 0.717) is 44.8 Å². The summed E-state index contributed by atoms with van der Waals surface area (Å²) in [5.74, 6) is -0.208. The van der Waals surface area contributed by atoms with Crippen LogP contribution in [-0.2, 0) is 10.0 Å². The van der Waals surface area contributed by atoms with Gasteiger partial charge in [0.25, 0.3) is 11.6 Å². The molecule has 1 aliphatic rings. The van der Waals surface area contributed by atoms with E-state index in [4.69, 9.17) is 0 Å². The molecule has 0 atom stereocenters. The second kappa shape index (κ2) is 9.44. The van der Waals surface area contributed by atoms with E-state index in [0.717, 1.165) is 5.69 Å². The van der Waals surface area contributed by atoms with Gasteiger partial charge in [0.05, 0.1) is 9.82 Å². The molecule has 0 unspecified atom stereocenters. The molecule has 1 aliphatic heterocycles. The van der Waals surface area contributed by atoms with E-state index in [9.17, 15) is 23.3 Å². The third kappa shape index (κ3) is 4.86. The lowest BCUT2D eigenvalue weighted by atomic mass is 10.1. The minimum atomic E-state index is -3.64. The predicted molar refractivity (Wildman–Crippen MR) is 118 cm³/mol. The van der Waals surface area contributed by atoms with Crippen molar-refractivity contribution in [1.29, 1.82) is 0 Å². The Kier molecular flexibility index (Phi) is 6.91. The van der Waals surface area contributed by atoms with Crippen molar-refractivity contribution in [3.05, 3.63) is 64.2 Å².